The molecule has 4 aliphatic carbocycles. The number of hydrogen-bond donors (Lipinski definition) is 4. The van der Waals surface area contributed by atoms with Gasteiger partial charge in [0.25, 0.3) is 5.91 Å². The summed E-state index contributed by atoms with van der Waals surface area (Å²) in [6.45, 7) is 6.49. The highest BCUT2D eigenvalue weighted by molar-refractivity contribution is 5.99. The Bertz CT molecular complexity index is 2340. The standard InChI is InChI=1S/C46H47NO14/c1-24-30(59-40(55)35(51)34(27-15-9-6-10-16-27)47-38(53)28-17-11-7-12-18-28)22-44(56)41(60-39(54)29-19-13-8-14-20-29)46-42(4,31(50)21-32-45(46,23-57-32)61-26(3)49)37(52)36(58-25(2)48)33(24)43(44,46)5/h6-20,30-32,34-36,41,50-51,56H,21-23H2,1-5H3,(H,47,53)/t30-,31?,32?,34?,35+,36?,41+,42?,43?,44?,45-,46?/m0/s1. The minimum absolute atomic E-state index is 0.0125. The van der Waals surface area contributed by atoms with Crippen LogP contribution in [0, 0.1) is 16.2 Å². The first-order valence-electron chi connectivity index (χ1n) is 20.1. The first kappa shape index (κ1) is 42.0. The molecule has 5 aliphatic rings. The lowest BCUT2D eigenvalue weighted by atomic mass is 9.20. The van der Waals surface area contributed by atoms with Gasteiger partial charge in [-0.1, -0.05) is 73.7 Å². The number of rotatable bonds is 10. The molecule has 15 heteroatoms. The zero-order valence-electron chi connectivity index (χ0n) is 34.2. The van der Waals surface area contributed by atoms with E-state index in [1.54, 1.807) is 85.8 Å². The summed E-state index contributed by atoms with van der Waals surface area (Å²) < 4.78 is 30.4. The summed E-state index contributed by atoms with van der Waals surface area (Å²) in [5.74, 6) is -5.21. The number of hydrogen-bond acceptors (Lipinski definition) is 14. The lowest BCUT2D eigenvalue weighted by Crippen LogP contribution is -3.00. The van der Waals surface area contributed by atoms with Crippen molar-refractivity contribution in [1.29, 1.82) is 0 Å². The fraction of sp³-hybridized carbons (Fsp3) is 0.435. The number of carbonyl (C=O) groups excluding carboxylic acids is 6. The molecule has 15 nitrogen and oxygen atoms in total. The number of benzene rings is 3. The molecule has 1 heterocycles. The Morgan fingerprint density at radius 1 is 0.836 bits per heavy atom. The van der Waals surface area contributed by atoms with Crippen LogP contribution in [0.1, 0.15) is 79.8 Å². The number of Topliss-reactive ketones (excluding diaryl/α,β-unsaturated/α-hetero) is 1. The maximum atomic E-state index is 15.4. The quantitative estimate of drug-likeness (QED) is 0.131. The van der Waals surface area contributed by atoms with Gasteiger partial charge in [0, 0.05) is 37.7 Å². The Balaban J connectivity index is 1.28. The molecule has 3 saturated carbocycles. The highest BCUT2D eigenvalue weighted by Gasteiger charge is 2.99. The van der Waals surface area contributed by atoms with Gasteiger partial charge in [0.15, 0.2) is 23.6 Å². The van der Waals surface area contributed by atoms with Crippen LogP contribution in [0.4, 0.5) is 0 Å². The van der Waals surface area contributed by atoms with Gasteiger partial charge in [0.05, 0.1) is 35.1 Å². The molecule has 61 heavy (non-hydrogen) atoms. The smallest absolute Gasteiger partial charge is 0.338 e. The predicted molar refractivity (Wildman–Crippen MR) is 211 cm³/mol. The molecule has 0 radical (unpaired) electrons. The molecular formula is C46H47NO14. The van der Waals surface area contributed by atoms with Crippen LogP contribution in [0.25, 0.3) is 0 Å². The van der Waals surface area contributed by atoms with E-state index in [0.717, 1.165) is 6.92 Å². The highest BCUT2D eigenvalue weighted by atomic mass is 16.6. The van der Waals surface area contributed by atoms with E-state index in [2.05, 4.69) is 5.32 Å². The molecule has 8 unspecified atom stereocenters. The van der Waals surface area contributed by atoms with Crippen LogP contribution < -0.4 is 5.32 Å². The van der Waals surface area contributed by atoms with Gasteiger partial charge in [-0.15, -0.1) is 0 Å². The van der Waals surface area contributed by atoms with Crippen molar-refractivity contribution in [2.24, 2.45) is 16.2 Å². The summed E-state index contributed by atoms with van der Waals surface area (Å²) in [6, 6.07) is 23.0. The molecule has 1 amide bonds. The van der Waals surface area contributed by atoms with Crippen LogP contribution in [0.2, 0.25) is 0 Å². The average Bonchev–Trinajstić information content (AvgIpc) is 3.24. The molecule has 0 bridgehead atoms. The largest absolute Gasteiger partial charge is 0.456 e. The van der Waals surface area contributed by atoms with Gasteiger partial charge in [0.1, 0.15) is 23.9 Å². The average molecular weight is 838 g/mol. The summed E-state index contributed by atoms with van der Waals surface area (Å²) in [4.78, 5) is 83.2. The summed E-state index contributed by atoms with van der Waals surface area (Å²) in [7, 11) is 0. The third kappa shape index (κ3) is 5.63. The molecular weight excluding hydrogens is 790 g/mol. The molecule has 8 rings (SSSR count). The van der Waals surface area contributed by atoms with Crippen molar-refractivity contribution >= 4 is 35.6 Å². The predicted octanol–water partition coefficient (Wildman–Crippen LogP) is 3.10. The number of aliphatic hydroxyl groups excluding tert-OH is 2. The van der Waals surface area contributed by atoms with E-state index in [1.165, 1.54) is 32.9 Å². The van der Waals surface area contributed by atoms with Crippen LogP contribution in [0.3, 0.4) is 0 Å². The molecule has 1 spiro atoms. The molecule has 320 valence electrons. The van der Waals surface area contributed by atoms with Crippen molar-refractivity contribution in [1.82, 2.24) is 5.32 Å². The van der Waals surface area contributed by atoms with Crippen LogP contribution >= 0.6 is 0 Å². The van der Waals surface area contributed by atoms with Gasteiger partial charge < -0.3 is 44.3 Å². The zero-order chi connectivity index (χ0) is 43.9. The molecule has 4 N–H and O–H groups in total. The molecule has 3 aromatic rings. The minimum atomic E-state index is -2.30. The zero-order valence-corrected chi connectivity index (χ0v) is 34.2. The van der Waals surface area contributed by atoms with Crippen molar-refractivity contribution in [3.8, 4) is 0 Å². The van der Waals surface area contributed by atoms with Crippen LogP contribution in [0.15, 0.2) is 102 Å². The Labute approximate surface area is 351 Å². The normalized spacial score (nSPS) is 35.3. The van der Waals surface area contributed by atoms with E-state index in [0.29, 0.717) is 5.56 Å². The van der Waals surface area contributed by atoms with Crippen LogP contribution in [0.5, 0.6) is 0 Å². The topological polar surface area (TPSA) is 221 Å². The van der Waals surface area contributed by atoms with Crippen molar-refractivity contribution in [2.45, 2.75) is 101 Å². The highest BCUT2D eigenvalue weighted by Crippen LogP contribution is 2.86. The Morgan fingerprint density at radius 3 is 1.98 bits per heavy atom. The van der Waals surface area contributed by atoms with Gasteiger partial charge in [-0.2, -0.15) is 0 Å². The molecule has 0 aromatic heterocycles. The number of nitrogens with one attached hydrogen (secondary N) is 1. The van der Waals surface area contributed by atoms with Crippen molar-refractivity contribution in [3.63, 3.8) is 0 Å². The summed E-state index contributed by atoms with van der Waals surface area (Å²) in [6.07, 6.45) is -10.3. The van der Waals surface area contributed by atoms with E-state index in [4.69, 9.17) is 23.7 Å². The number of amides is 1. The number of esters is 4. The summed E-state index contributed by atoms with van der Waals surface area (Å²) >= 11 is 0. The Kier molecular flexibility index (Phi) is 10.1. The van der Waals surface area contributed by atoms with E-state index in [-0.39, 0.29) is 35.3 Å². The number of fused-ring (bicyclic) bond motifs is 1. The van der Waals surface area contributed by atoms with E-state index in [1.807, 2.05) is 0 Å². The number of aliphatic hydroxyl groups is 3. The fourth-order valence-corrected chi connectivity index (χ4v) is 11.6. The van der Waals surface area contributed by atoms with Gasteiger partial charge >= 0.3 is 23.9 Å². The molecule has 3 aromatic carbocycles. The molecule has 1 aliphatic heterocycles. The Hall–Kier alpha value is -5.74. The van der Waals surface area contributed by atoms with Crippen molar-refractivity contribution in [2.75, 3.05) is 6.61 Å². The Morgan fingerprint density at radius 2 is 1.43 bits per heavy atom. The minimum Gasteiger partial charge on any atom is -0.456 e. The SMILES string of the molecule is CC(=O)OC1C(=O)C2(C)C(O)CC3OC[C@@]3(OC(C)=O)C23[C@H](OC(=O)c2ccccc2)C2(O)C[C@H](OC(=O)[C@H](O)C(NC(=O)c4ccccc4)c4ccccc4)C(C)=C1C23C. The molecule has 12 atom stereocenters. The van der Waals surface area contributed by atoms with Crippen molar-refractivity contribution in [3.05, 3.63) is 119 Å². The number of ketones is 1. The van der Waals surface area contributed by atoms with Crippen LogP contribution in [-0.4, -0.2) is 105 Å². The third-order valence-corrected chi connectivity index (χ3v) is 14.2. The van der Waals surface area contributed by atoms with Gasteiger partial charge in [-0.05, 0) is 54.8 Å². The van der Waals surface area contributed by atoms with Gasteiger partial charge in [-0.25, -0.2) is 9.59 Å². The van der Waals surface area contributed by atoms with E-state index in [9.17, 15) is 39.3 Å². The second-order valence-electron chi connectivity index (χ2n) is 17.0. The monoisotopic (exact) mass is 837 g/mol. The summed E-state index contributed by atoms with van der Waals surface area (Å²) in [5, 5.41) is 40.0. The number of ether oxygens (including phenoxy) is 5. The van der Waals surface area contributed by atoms with E-state index >= 15 is 4.79 Å². The first-order chi connectivity index (χ1) is 28.9. The second-order valence-corrected chi connectivity index (χ2v) is 17.0. The van der Waals surface area contributed by atoms with Crippen LogP contribution in [-0.2, 0) is 42.9 Å². The van der Waals surface area contributed by atoms with Gasteiger partial charge in [-0.3, -0.25) is 19.2 Å². The van der Waals surface area contributed by atoms with E-state index < -0.39 is 112 Å². The lowest BCUT2D eigenvalue weighted by molar-refractivity contribution is -0.472. The van der Waals surface area contributed by atoms with Crippen molar-refractivity contribution < 1.29 is 67.8 Å². The third-order valence-electron chi connectivity index (χ3n) is 14.2. The first-order valence-corrected chi connectivity index (χ1v) is 20.1. The fourth-order valence-electron chi connectivity index (χ4n) is 11.6. The molecule has 1 saturated heterocycles. The maximum Gasteiger partial charge on any atom is 0.338 e. The number of carbonyl (C=O) groups is 6. The maximum absolute atomic E-state index is 15.4. The lowest BCUT2D eigenvalue weighted by Gasteiger charge is -2.86. The molecule has 4 fully saturated rings. The summed E-state index contributed by atoms with van der Waals surface area (Å²) in [5.41, 5.74) is -9.07. The van der Waals surface area contributed by atoms with Gasteiger partial charge in [0.2, 0.25) is 0 Å². The second kappa shape index (κ2) is 14.7.